The highest BCUT2D eigenvalue weighted by atomic mass is 35.5. The first-order valence-corrected chi connectivity index (χ1v) is 8.26. The zero-order valence-corrected chi connectivity index (χ0v) is 12.2. The summed E-state index contributed by atoms with van der Waals surface area (Å²) in [5, 5.41) is 0.513. The first kappa shape index (κ1) is 13.7. The van der Waals surface area contributed by atoms with Gasteiger partial charge in [0.1, 0.15) is 5.76 Å². The molecule has 0 amide bonds. The maximum absolute atomic E-state index is 12.4. The molecule has 0 aliphatic heterocycles. The Balaban J connectivity index is 1.86. The van der Waals surface area contributed by atoms with Crippen molar-refractivity contribution in [1.82, 2.24) is 4.72 Å². The van der Waals surface area contributed by atoms with E-state index in [1.54, 1.807) is 18.4 Å². The molecule has 0 saturated carbocycles. The van der Waals surface area contributed by atoms with E-state index >= 15 is 0 Å². The van der Waals surface area contributed by atoms with Crippen LogP contribution < -0.4 is 4.72 Å². The number of fused-ring (bicyclic) bond motifs is 1. The number of hydrogen-bond acceptors (Lipinski definition) is 3. The molecule has 6 heteroatoms. The van der Waals surface area contributed by atoms with Gasteiger partial charge in [-0.2, -0.15) is 0 Å². The van der Waals surface area contributed by atoms with Crippen molar-refractivity contribution in [3.8, 4) is 0 Å². The lowest BCUT2D eigenvalue weighted by Crippen LogP contribution is -2.30. The number of furan rings is 1. The zero-order valence-electron chi connectivity index (χ0n) is 10.7. The first-order chi connectivity index (χ1) is 9.56. The number of hydrogen-bond donors (Lipinski definition) is 1. The van der Waals surface area contributed by atoms with Gasteiger partial charge >= 0.3 is 0 Å². The minimum absolute atomic E-state index is 0.220. The van der Waals surface area contributed by atoms with Crippen LogP contribution in [0, 0.1) is 0 Å². The summed E-state index contributed by atoms with van der Waals surface area (Å²) in [6.07, 6.45) is 4.16. The van der Waals surface area contributed by atoms with Gasteiger partial charge in [-0.05, 0) is 43.2 Å². The van der Waals surface area contributed by atoms with E-state index in [0.29, 0.717) is 5.02 Å². The molecule has 0 spiro atoms. The van der Waals surface area contributed by atoms with E-state index in [1.165, 1.54) is 12.1 Å². The lowest BCUT2D eigenvalue weighted by atomic mass is 9.94. The van der Waals surface area contributed by atoms with E-state index in [1.807, 2.05) is 6.07 Å². The zero-order chi connectivity index (χ0) is 14.2. The second-order valence-electron chi connectivity index (χ2n) is 4.82. The number of benzene rings is 1. The largest absolute Gasteiger partial charge is 0.469 e. The molecule has 106 valence electrons. The molecular formula is C14H14ClNO3S. The van der Waals surface area contributed by atoms with Crippen molar-refractivity contribution < 1.29 is 12.8 Å². The van der Waals surface area contributed by atoms with Crippen molar-refractivity contribution in [2.45, 2.75) is 30.2 Å². The Morgan fingerprint density at radius 2 is 1.95 bits per heavy atom. The van der Waals surface area contributed by atoms with Gasteiger partial charge in [-0.3, -0.25) is 0 Å². The SMILES string of the molecule is O=S(=O)(NC1CCCc2occc21)c1ccc(Cl)cc1. The Morgan fingerprint density at radius 1 is 1.20 bits per heavy atom. The van der Waals surface area contributed by atoms with Crippen molar-refractivity contribution >= 4 is 21.6 Å². The molecule has 0 radical (unpaired) electrons. The minimum Gasteiger partial charge on any atom is -0.469 e. The molecule has 1 heterocycles. The van der Waals surface area contributed by atoms with E-state index in [4.69, 9.17) is 16.0 Å². The van der Waals surface area contributed by atoms with Crippen molar-refractivity contribution in [3.63, 3.8) is 0 Å². The van der Waals surface area contributed by atoms with Gasteiger partial charge in [0.25, 0.3) is 0 Å². The fraction of sp³-hybridized carbons (Fsp3) is 0.286. The van der Waals surface area contributed by atoms with E-state index in [9.17, 15) is 8.42 Å². The van der Waals surface area contributed by atoms with Gasteiger partial charge in [0.2, 0.25) is 10.0 Å². The van der Waals surface area contributed by atoms with Crippen molar-refractivity contribution in [1.29, 1.82) is 0 Å². The molecule has 1 N–H and O–H groups in total. The van der Waals surface area contributed by atoms with Crippen molar-refractivity contribution in [2.75, 3.05) is 0 Å². The second kappa shape index (κ2) is 5.24. The quantitative estimate of drug-likeness (QED) is 0.946. The van der Waals surface area contributed by atoms with Gasteiger partial charge in [0.15, 0.2) is 0 Å². The summed E-state index contributed by atoms with van der Waals surface area (Å²) in [7, 11) is -3.55. The van der Waals surface area contributed by atoms with Crippen LogP contribution in [0.3, 0.4) is 0 Å². The molecule has 2 aromatic rings. The molecule has 4 nitrogen and oxygen atoms in total. The van der Waals surface area contributed by atoms with E-state index in [0.717, 1.165) is 30.6 Å². The average Bonchev–Trinajstić information content (AvgIpc) is 2.88. The summed E-state index contributed by atoms with van der Waals surface area (Å²) in [5.74, 6) is 0.875. The molecule has 1 aromatic heterocycles. The number of aryl methyl sites for hydroxylation is 1. The van der Waals surface area contributed by atoms with Crippen LogP contribution >= 0.6 is 11.6 Å². The molecule has 1 atom stereocenters. The van der Waals surface area contributed by atoms with Gasteiger partial charge in [-0.1, -0.05) is 11.6 Å². The lowest BCUT2D eigenvalue weighted by Gasteiger charge is -2.22. The van der Waals surface area contributed by atoms with Crippen molar-refractivity contribution in [3.05, 3.63) is 52.9 Å². The summed E-state index contributed by atoms with van der Waals surface area (Å²) in [5.41, 5.74) is 0.939. The highest BCUT2D eigenvalue weighted by Crippen LogP contribution is 2.31. The number of rotatable bonds is 3. The van der Waals surface area contributed by atoms with E-state index in [2.05, 4.69) is 4.72 Å². The molecule has 1 aromatic carbocycles. The fourth-order valence-corrected chi connectivity index (χ4v) is 3.85. The third-order valence-corrected chi connectivity index (χ3v) is 5.21. The predicted molar refractivity (Wildman–Crippen MR) is 76.2 cm³/mol. The summed E-state index contributed by atoms with van der Waals surface area (Å²) in [6, 6.07) is 7.76. The van der Waals surface area contributed by atoms with Gasteiger partial charge in [0.05, 0.1) is 17.2 Å². The Morgan fingerprint density at radius 3 is 2.70 bits per heavy atom. The highest BCUT2D eigenvalue weighted by Gasteiger charge is 2.27. The maximum atomic E-state index is 12.4. The lowest BCUT2D eigenvalue weighted by molar-refractivity contribution is 0.438. The van der Waals surface area contributed by atoms with Gasteiger partial charge in [-0.15, -0.1) is 0 Å². The number of sulfonamides is 1. The van der Waals surface area contributed by atoms with Crippen LogP contribution in [0.5, 0.6) is 0 Å². The Hall–Kier alpha value is -1.30. The van der Waals surface area contributed by atoms with Gasteiger partial charge in [-0.25, -0.2) is 13.1 Å². The fourth-order valence-electron chi connectivity index (χ4n) is 2.48. The Kier molecular flexibility index (Phi) is 3.58. The van der Waals surface area contributed by atoms with E-state index < -0.39 is 10.0 Å². The van der Waals surface area contributed by atoms with Crippen LogP contribution in [0.25, 0.3) is 0 Å². The summed E-state index contributed by atoms with van der Waals surface area (Å²) in [6.45, 7) is 0. The molecule has 1 aliphatic rings. The topological polar surface area (TPSA) is 59.3 Å². The summed E-state index contributed by atoms with van der Waals surface area (Å²) < 4.78 is 32.8. The smallest absolute Gasteiger partial charge is 0.241 e. The molecule has 0 bridgehead atoms. The van der Waals surface area contributed by atoms with Crippen LogP contribution in [-0.2, 0) is 16.4 Å². The van der Waals surface area contributed by atoms with Crippen LogP contribution in [0.1, 0.15) is 30.2 Å². The summed E-state index contributed by atoms with van der Waals surface area (Å²) in [4.78, 5) is 0.220. The molecule has 0 saturated heterocycles. The van der Waals surface area contributed by atoms with Crippen LogP contribution in [0.2, 0.25) is 5.02 Å². The molecule has 20 heavy (non-hydrogen) atoms. The molecule has 3 rings (SSSR count). The van der Waals surface area contributed by atoms with Crippen LogP contribution in [0.4, 0.5) is 0 Å². The predicted octanol–water partition coefficient (Wildman–Crippen LogP) is 3.29. The third-order valence-electron chi connectivity index (χ3n) is 3.47. The normalized spacial score (nSPS) is 18.8. The minimum atomic E-state index is -3.55. The van der Waals surface area contributed by atoms with Gasteiger partial charge in [0, 0.05) is 17.0 Å². The Bertz CT molecular complexity index is 706. The highest BCUT2D eigenvalue weighted by molar-refractivity contribution is 7.89. The van der Waals surface area contributed by atoms with E-state index in [-0.39, 0.29) is 10.9 Å². The third kappa shape index (κ3) is 2.61. The Labute approximate surface area is 122 Å². The first-order valence-electron chi connectivity index (χ1n) is 6.40. The summed E-state index contributed by atoms with van der Waals surface area (Å²) >= 11 is 5.78. The number of halogens is 1. The van der Waals surface area contributed by atoms with Crippen molar-refractivity contribution in [2.24, 2.45) is 0 Å². The standard InChI is InChI=1S/C14H14ClNO3S/c15-10-4-6-11(7-5-10)20(17,18)16-13-2-1-3-14-12(13)8-9-19-14/h4-9,13,16H,1-3H2. The molecular weight excluding hydrogens is 298 g/mol. The molecule has 1 unspecified atom stereocenters. The monoisotopic (exact) mass is 311 g/mol. The van der Waals surface area contributed by atoms with Crippen LogP contribution in [0.15, 0.2) is 45.9 Å². The molecule has 1 aliphatic carbocycles. The van der Waals surface area contributed by atoms with Gasteiger partial charge < -0.3 is 4.42 Å². The maximum Gasteiger partial charge on any atom is 0.241 e. The number of nitrogens with one attached hydrogen (secondary N) is 1. The van der Waals surface area contributed by atoms with Crippen LogP contribution in [-0.4, -0.2) is 8.42 Å². The second-order valence-corrected chi connectivity index (χ2v) is 6.97. The average molecular weight is 312 g/mol. The molecule has 0 fully saturated rings.